The molecule has 4 rings (SSSR count). The zero-order chi connectivity index (χ0) is 21.9. The Hall–Kier alpha value is -1.32. The molecule has 166 valence electrons. The Labute approximate surface area is 166 Å². The van der Waals surface area contributed by atoms with Crippen molar-refractivity contribution in [3.05, 3.63) is 12.7 Å². The predicted molar refractivity (Wildman–Crippen MR) is 92.1 cm³/mol. The second-order valence-corrected chi connectivity index (χ2v) is 11.0. The van der Waals surface area contributed by atoms with Crippen LogP contribution in [-0.4, -0.2) is 64.4 Å². The van der Waals surface area contributed by atoms with Gasteiger partial charge in [-0.25, -0.2) is 28.6 Å². The molecule has 2 saturated heterocycles. The number of nitrogens with two attached hydrogens (primary N) is 1. The Morgan fingerprint density at radius 1 is 1.07 bits per heavy atom. The quantitative estimate of drug-likeness (QED) is 0.337. The van der Waals surface area contributed by atoms with E-state index in [1.54, 1.807) is 0 Å². The topological polar surface area (TPSA) is 248 Å². The Morgan fingerprint density at radius 3 is 2.40 bits per heavy atom. The average Bonchev–Trinajstić information content (AvgIpc) is 3.13. The second-order valence-electron chi connectivity index (χ2n) is 6.05. The molecule has 0 aliphatic carbocycles. The monoisotopic (exact) mass is 489 g/mol. The molecule has 0 amide bonds. The van der Waals surface area contributed by atoms with E-state index in [2.05, 4.69) is 27.9 Å². The molecular formula is C10H14N5O12P3. The lowest BCUT2D eigenvalue weighted by Gasteiger charge is -2.27. The van der Waals surface area contributed by atoms with E-state index in [9.17, 15) is 33.7 Å². The summed E-state index contributed by atoms with van der Waals surface area (Å²) in [5, 5.41) is 20.5. The van der Waals surface area contributed by atoms with Crippen molar-refractivity contribution in [1.82, 2.24) is 19.5 Å². The van der Waals surface area contributed by atoms with Gasteiger partial charge in [-0.1, -0.05) is 0 Å². The van der Waals surface area contributed by atoms with Crippen LogP contribution in [0, 0.1) is 0 Å². The summed E-state index contributed by atoms with van der Waals surface area (Å²) < 4.78 is 58.6. The van der Waals surface area contributed by atoms with Gasteiger partial charge in [-0.2, -0.15) is 12.9 Å². The molecule has 0 spiro atoms. The van der Waals surface area contributed by atoms with Crippen molar-refractivity contribution >= 4 is 40.4 Å². The molecule has 6 N–H and O–H groups in total. The number of phosphoric acid groups is 3. The molecule has 2 fully saturated rings. The molecule has 17 nitrogen and oxygen atoms in total. The van der Waals surface area contributed by atoms with Crippen LogP contribution in [0.4, 0.5) is 5.82 Å². The van der Waals surface area contributed by atoms with E-state index in [1.165, 1.54) is 10.9 Å². The Morgan fingerprint density at radius 2 is 1.73 bits per heavy atom. The fourth-order valence-corrected chi connectivity index (χ4v) is 7.73. The SMILES string of the molecule is Nc1ncnc2c1ncn2[C@@H]1O[C@H](COP2(=O)OP(=O)(O)OP(=O)(O)O2)[C@@H](O)[C@H]1O. The first-order valence-electron chi connectivity index (χ1n) is 7.88. The van der Waals surface area contributed by atoms with Crippen LogP contribution < -0.4 is 5.73 Å². The smallest absolute Gasteiger partial charge is 0.387 e. The van der Waals surface area contributed by atoms with Crippen LogP contribution in [0.5, 0.6) is 0 Å². The van der Waals surface area contributed by atoms with Crippen LogP contribution in [0.25, 0.3) is 11.2 Å². The lowest BCUT2D eigenvalue weighted by molar-refractivity contribution is -0.0506. The lowest BCUT2D eigenvalue weighted by Crippen LogP contribution is -2.33. The van der Waals surface area contributed by atoms with Crippen molar-refractivity contribution in [2.24, 2.45) is 0 Å². The summed E-state index contributed by atoms with van der Waals surface area (Å²) >= 11 is 0. The number of nitrogen functional groups attached to an aromatic ring is 1. The minimum atomic E-state index is -5.22. The van der Waals surface area contributed by atoms with Gasteiger partial charge in [0.2, 0.25) is 0 Å². The number of aliphatic hydroxyl groups is 2. The van der Waals surface area contributed by atoms with Gasteiger partial charge in [-0.3, -0.25) is 9.09 Å². The van der Waals surface area contributed by atoms with Gasteiger partial charge in [0, 0.05) is 0 Å². The molecular weight excluding hydrogens is 475 g/mol. The number of imidazole rings is 1. The first kappa shape index (κ1) is 21.9. The average molecular weight is 489 g/mol. The van der Waals surface area contributed by atoms with Gasteiger partial charge in [0.1, 0.15) is 30.2 Å². The summed E-state index contributed by atoms with van der Waals surface area (Å²) in [7, 11) is -15.5. The number of nitrogens with zero attached hydrogens (tertiary/aromatic N) is 4. The van der Waals surface area contributed by atoms with Gasteiger partial charge in [-0.05, 0) is 0 Å². The first-order chi connectivity index (χ1) is 13.9. The maximum atomic E-state index is 12.3. The van der Waals surface area contributed by atoms with Crippen LogP contribution in [0.2, 0.25) is 0 Å². The molecule has 6 atom stereocenters. The molecule has 2 aliphatic rings. The number of anilines is 1. The number of rotatable bonds is 4. The van der Waals surface area contributed by atoms with Crippen molar-refractivity contribution in [3.63, 3.8) is 0 Å². The maximum absolute atomic E-state index is 12.3. The van der Waals surface area contributed by atoms with E-state index in [0.717, 1.165) is 6.33 Å². The molecule has 2 unspecified atom stereocenters. The summed E-state index contributed by atoms with van der Waals surface area (Å²) in [4.78, 5) is 30.2. The fraction of sp³-hybridized carbons (Fsp3) is 0.500. The van der Waals surface area contributed by atoms with Crippen molar-refractivity contribution < 1.29 is 55.9 Å². The van der Waals surface area contributed by atoms with Crippen LogP contribution in [-0.2, 0) is 35.9 Å². The maximum Gasteiger partial charge on any atom is 0.492 e. The molecule has 2 aromatic heterocycles. The van der Waals surface area contributed by atoms with Crippen LogP contribution >= 0.6 is 23.5 Å². The van der Waals surface area contributed by atoms with E-state index in [4.69, 9.17) is 15.0 Å². The van der Waals surface area contributed by atoms with E-state index in [0.29, 0.717) is 0 Å². The van der Waals surface area contributed by atoms with Crippen molar-refractivity contribution in [1.29, 1.82) is 0 Å². The Bertz CT molecular complexity index is 1100. The Balaban J connectivity index is 1.51. The first-order valence-corrected chi connectivity index (χ1v) is 12.3. The molecule has 0 radical (unpaired) electrons. The molecule has 0 aromatic carbocycles. The molecule has 0 saturated carbocycles. The van der Waals surface area contributed by atoms with Gasteiger partial charge >= 0.3 is 23.5 Å². The molecule has 20 heteroatoms. The van der Waals surface area contributed by atoms with E-state index < -0.39 is 54.6 Å². The van der Waals surface area contributed by atoms with Crippen molar-refractivity contribution in [2.45, 2.75) is 24.5 Å². The van der Waals surface area contributed by atoms with Crippen LogP contribution in [0.15, 0.2) is 12.7 Å². The summed E-state index contributed by atoms with van der Waals surface area (Å²) in [5.41, 5.74) is 6.09. The number of ether oxygens (including phenoxy) is 1. The van der Waals surface area contributed by atoms with Gasteiger partial charge < -0.3 is 30.5 Å². The highest BCUT2D eigenvalue weighted by molar-refractivity contribution is 7.74. The summed E-state index contributed by atoms with van der Waals surface area (Å²) in [6.07, 6.45) is -3.38. The van der Waals surface area contributed by atoms with Crippen molar-refractivity contribution in [3.8, 4) is 0 Å². The zero-order valence-electron chi connectivity index (χ0n) is 14.4. The third-order valence-electron chi connectivity index (χ3n) is 4.01. The zero-order valence-corrected chi connectivity index (χ0v) is 17.1. The number of hydrogen-bond donors (Lipinski definition) is 5. The predicted octanol–water partition coefficient (Wildman–Crippen LogP) is -0.583. The highest BCUT2D eigenvalue weighted by Crippen LogP contribution is 2.80. The summed E-state index contributed by atoms with van der Waals surface area (Å²) in [5.74, 6) is 0.0699. The minimum Gasteiger partial charge on any atom is -0.387 e. The van der Waals surface area contributed by atoms with E-state index in [-0.39, 0.29) is 17.0 Å². The molecule has 4 heterocycles. The van der Waals surface area contributed by atoms with Crippen molar-refractivity contribution in [2.75, 3.05) is 12.3 Å². The number of fused-ring (bicyclic) bond motifs is 1. The van der Waals surface area contributed by atoms with Crippen LogP contribution in [0.3, 0.4) is 0 Å². The number of aliphatic hydroxyl groups excluding tert-OH is 2. The molecule has 2 aromatic rings. The van der Waals surface area contributed by atoms with E-state index >= 15 is 0 Å². The lowest BCUT2D eigenvalue weighted by atomic mass is 10.1. The third kappa shape index (κ3) is 4.08. The molecule has 0 bridgehead atoms. The fourth-order valence-electron chi connectivity index (χ4n) is 2.79. The second kappa shape index (κ2) is 7.38. The van der Waals surface area contributed by atoms with Gasteiger partial charge in [0.05, 0.1) is 12.9 Å². The number of aromatic nitrogens is 4. The highest BCUT2D eigenvalue weighted by atomic mass is 31.3. The minimum absolute atomic E-state index is 0.0699. The van der Waals surface area contributed by atoms with Gasteiger partial charge in [-0.15, -0.1) is 0 Å². The molecule has 30 heavy (non-hydrogen) atoms. The highest BCUT2D eigenvalue weighted by Gasteiger charge is 2.55. The normalized spacial score (nSPS) is 42.0. The number of hydrogen-bond acceptors (Lipinski definition) is 14. The summed E-state index contributed by atoms with van der Waals surface area (Å²) in [6.45, 7) is -0.838. The third-order valence-corrected chi connectivity index (χ3v) is 9.38. The standard InChI is InChI=1S/C10H14N5O12P3/c11-8-5-9(13-2-12-8)15(3-14-5)10-7(17)6(16)4(24-10)1-23-30(22)26-28(18,19)25-29(20,21)27-30/h2-4,6-7,10,16-17H,1H2,(H,18,19)(H,20,21)(H2,11,12,13)/t4-,6-,7-,10-/m1/s1. The molecule has 2 aliphatic heterocycles. The summed E-state index contributed by atoms with van der Waals surface area (Å²) in [6, 6.07) is 0. The largest absolute Gasteiger partial charge is 0.492 e. The van der Waals surface area contributed by atoms with E-state index in [1.807, 2.05) is 0 Å². The van der Waals surface area contributed by atoms with Gasteiger partial charge in [0.15, 0.2) is 17.7 Å². The van der Waals surface area contributed by atoms with Gasteiger partial charge in [0.25, 0.3) is 0 Å². The Kier molecular flexibility index (Phi) is 5.38. The van der Waals surface area contributed by atoms with Crippen LogP contribution in [0.1, 0.15) is 6.23 Å².